The van der Waals surface area contributed by atoms with Gasteiger partial charge in [0.1, 0.15) is 18.4 Å². The molecule has 0 aromatic carbocycles. The number of carbonyl (C=O) groups excluding carboxylic acids is 1. The van der Waals surface area contributed by atoms with Crippen LogP contribution in [0.1, 0.15) is 26.0 Å². The maximum atomic E-state index is 13.7. The molecule has 41 heavy (non-hydrogen) atoms. The van der Waals surface area contributed by atoms with Crippen LogP contribution >= 0.6 is 11.6 Å². The summed E-state index contributed by atoms with van der Waals surface area (Å²) < 4.78 is 57.0. The number of hydrogen-bond acceptors (Lipinski definition) is 8. The zero-order valence-electron chi connectivity index (χ0n) is 22.1. The molecule has 0 aliphatic carbocycles. The predicted molar refractivity (Wildman–Crippen MR) is 144 cm³/mol. The van der Waals surface area contributed by atoms with E-state index < -0.39 is 23.7 Å². The van der Waals surface area contributed by atoms with E-state index >= 15 is 0 Å². The number of carbonyl (C=O) groups is 1. The van der Waals surface area contributed by atoms with Crippen molar-refractivity contribution in [3.63, 3.8) is 0 Å². The van der Waals surface area contributed by atoms with Crippen molar-refractivity contribution in [1.29, 1.82) is 0 Å². The third-order valence-corrected chi connectivity index (χ3v) is 7.34. The minimum Gasteiger partial charge on any atom is -0.475 e. The van der Waals surface area contributed by atoms with Crippen LogP contribution in [0.4, 0.5) is 35.2 Å². The van der Waals surface area contributed by atoms with Crippen LogP contribution in [0.25, 0.3) is 11.3 Å². The van der Waals surface area contributed by atoms with Gasteiger partial charge in [-0.05, 0) is 44.5 Å². The first-order valence-electron chi connectivity index (χ1n) is 13.0. The molecule has 3 aliphatic rings. The topological polar surface area (TPSA) is 102 Å². The van der Waals surface area contributed by atoms with Crippen molar-refractivity contribution in [3.8, 4) is 17.1 Å². The number of aromatic nitrogens is 3. The van der Waals surface area contributed by atoms with Gasteiger partial charge in [0.2, 0.25) is 5.88 Å². The summed E-state index contributed by atoms with van der Waals surface area (Å²) >= 11 is 6.52. The zero-order valence-corrected chi connectivity index (χ0v) is 22.9. The van der Waals surface area contributed by atoms with E-state index in [0.29, 0.717) is 49.2 Å². The van der Waals surface area contributed by atoms with E-state index in [1.165, 1.54) is 17.2 Å². The Kier molecular flexibility index (Phi) is 6.91. The summed E-state index contributed by atoms with van der Waals surface area (Å²) in [5.41, 5.74) is 0.288. The lowest BCUT2D eigenvalue weighted by Gasteiger charge is -2.36. The minimum atomic E-state index is -4.63. The number of nitrogens with zero attached hydrogens (tertiary/aromatic N) is 5. The Morgan fingerprint density at radius 1 is 1.22 bits per heavy atom. The average Bonchev–Trinajstić information content (AvgIpc) is 3.50. The number of nitrogens with one attached hydrogen (secondary N) is 1. The van der Waals surface area contributed by atoms with Crippen LogP contribution in [-0.4, -0.2) is 65.2 Å². The van der Waals surface area contributed by atoms with Crippen molar-refractivity contribution in [3.05, 3.63) is 53.4 Å². The van der Waals surface area contributed by atoms with Crippen molar-refractivity contribution in [2.45, 2.75) is 44.4 Å². The van der Waals surface area contributed by atoms with Crippen LogP contribution in [0.15, 0.2) is 42.7 Å². The fourth-order valence-electron chi connectivity index (χ4n) is 5.19. The van der Waals surface area contributed by atoms with Crippen molar-refractivity contribution >= 4 is 34.8 Å². The number of hydrogen-bond donors (Lipinski definition) is 1. The Balaban J connectivity index is 1.25. The fraction of sp³-hybridized carbons (Fsp3) is 0.407. The predicted octanol–water partition coefficient (Wildman–Crippen LogP) is 5.37. The molecule has 0 saturated carbocycles. The normalized spacial score (nSPS) is 21.1. The van der Waals surface area contributed by atoms with Gasteiger partial charge in [0.05, 0.1) is 29.1 Å². The van der Waals surface area contributed by atoms with Gasteiger partial charge >= 0.3 is 12.2 Å². The molecule has 0 radical (unpaired) electrons. The molecule has 0 spiro atoms. The highest BCUT2D eigenvalue weighted by molar-refractivity contribution is 6.33. The second-order valence-corrected chi connectivity index (χ2v) is 10.8. The summed E-state index contributed by atoms with van der Waals surface area (Å²) in [5.74, 6) is -0.0614. The van der Waals surface area contributed by atoms with E-state index in [2.05, 4.69) is 25.2 Å². The Morgan fingerprint density at radius 2 is 2.02 bits per heavy atom. The largest absolute Gasteiger partial charge is 0.475 e. The highest BCUT2D eigenvalue weighted by Gasteiger charge is 2.41. The van der Waals surface area contributed by atoms with E-state index in [9.17, 15) is 18.0 Å². The second-order valence-electron chi connectivity index (χ2n) is 10.4. The highest BCUT2D eigenvalue weighted by atomic mass is 35.5. The van der Waals surface area contributed by atoms with Crippen LogP contribution in [0, 0.1) is 0 Å². The van der Waals surface area contributed by atoms with Gasteiger partial charge in [-0.3, -0.25) is 9.88 Å². The number of fused-ring (bicyclic) bond motifs is 4. The Morgan fingerprint density at radius 3 is 2.78 bits per heavy atom. The summed E-state index contributed by atoms with van der Waals surface area (Å²) in [6, 6.07) is 6.53. The van der Waals surface area contributed by atoms with Gasteiger partial charge in [-0.15, -0.1) is 0 Å². The number of halogens is 4. The molecule has 6 heterocycles. The maximum Gasteiger partial charge on any atom is 0.433 e. The molecule has 14 heteroatoms. The van der Waals surface area contributed by atoms with Crippen LogP contribution in [0.3, 0.4) is 0 Å². The number of urea groups is 1. The van der Waals surface area contributed by atoms with Gasteiger partial charge in [0, 0.05) is 42.8 Å². The summed E-state index contributed by atoms with van der Waals surface area (Å²) in [7, 11) is 0. The number of pyridine rings is 3. The standard InChI is InChI=1S/C27H26ClF3N6O4/c1-26(2)40-14-18(41-26)13-39-22-10-16(4-7-33-22)34-25(38)37-17-5-8-36(12-17)20-11-19(28)23(35-24(20)37)15-3-6-32-21(9-15)27(29,30)31/h3-4,6-7,9-11,17-18H,5,8,12-14H2,1-2H3,(H,33,34,38)/t17?,18-/m1/s1. The Labute approximate surface area is 238 Å². The highest BCUT2D eigenvalue weighted by Crippen LogP contribution is 2.43. The van der Waals surface area contributed by atoms with Gasteiger partial charge in [0.25, 0.3) is 0 Å². The number of alkyl halides is 3. The van der Waals surface area contributed by atoms with Crippen LogP contribution in [0.2, 0.25) is 5.02 Å². The van der Waals surface area contributed by atoms with Gasteiger partial charge in [0.15, 0.2) is 11.6 Å². The lowest BCUT2D eigenvalue weighted by Crippen LogP contribution is -2.48. The van der Waals surface area contributed by atoms with E-state index in [1.807, 2.05) is 13.8 Å². The first kappa shape index (κ1) is 27.5. The number of ether oxygens (including phenoxy) is 3. The van der Waals surface area contributed by atoms with Crippen molar-refractivity contribution in [2.24, 2.45) is 0 Å². The minimum absolute atomic E-state index is 0.125. The molecule has 6 rings (SSSR count). The molecule has 1 unspecified atom stereocenters. The summed E-state index contributed by atoms with van der Waals surface area (Å²) in [6.07, 6.45) is -1.62. The fourth-order valence-corrected chi connectivity index (χ4v) is 5.45. The summed E-state index contributed by atoms with van der Waals surface area (Å²) in [5, 5.41) is 3.05. The van der Waals surface area contributed by atoms with Crippen LogP contribution < -0.4 is 19.9 Å². The van der Waals surface area contributed by atoms with Gasteiger partial charge in [-0.1, -0.05) is 11.6 Å². The second kappa shape index (κ2) is 10.3. The lowest BCUT2D eigenvalue weighted by atomic mass is 10.1. The molecular weight excluding hydrogens is 565 g/mol. The number of amides is 2. The van der Waals surface area contributed by atoms with Crippen molar-refractivity contribution in [2.75, 3.05) is 41.4 Å². The summed E-state index contributed by atoms with van der Waals surface area (Å²) in [6.45, 7) is 5.54. The molecular formula is C27H26ClF3N6O4. The van der Waals surface area contributed by atoms with Gasteiger partial charge in [-0.25, -0.2) is 14.8 Å². The first-order valence-corrected chi connectivity index (χ1v) is 13.3. The maximum absolute atomic E-state index is 13.7. The van der Waals surface area contributed by atoms with E-state index in [-0.39, 0.29) is 35.0 Å². The van der Waals surface area contributed by atoms with Gasteiger partial charge < -0.3 is 24.4 Å². The monoisotopic (exact) mass is 590 g/mol. The number of rotatable bonds is 5. The molecule has 2 amide bonds. The molecule has 10 nitrogen and oxygen atoms in total. The van der Waals surface area contributed by atoms with E-state index in [0.717, 1.165) is 12.3 Å². The number of anilines is 3. The first-order chi connectivity index (χ1) is 19.5. The molecule has 3 aliphatic heterocycles. The summed E-state index contributed by atoms with van der Waals surface area (Å²) in [4.78, 5) is 29.5. The van der Waals surface area contributed by atoms with Crippen LogP contribution in [0.5, 0.6) is 5.88 Å². The quantitative estimate of drug-likeness (QED) is 0.423. The van der Waals surface area contributed by atoms with E-state index in [1.54, 1.807) is 18.2 Å². The SMILES string of the molecule is CC1(C)OC[C@@H](COc2cc(NC(=O)N3c4nc(-c5ccnc(C(F)(F)F)c5)c(Cl)cc4N4CCC3C4)ccn2)O1. The average molecular weight is 591 g/mol. The molecule has 3 aromatic rings. The van der Waals surface area contributed by atoms with Crippen molar-refractivity contribution < 1.29 is 32.2 Å². The zero-order chi connectivity index (χ0) is 28.9. The van der Waals surface area contributed by atoms with Crippen molar-refractivity contribution in [1.82, 2.24) is 15.0 Å². The van der Waals surface area contributed by atoms with E-state index in [4.69, 9.17) is 25.8 Å². The smallest absolute Gasteiger partial charge is 0.433 e. The third kappa shape index (κ3) is 5.61. The van der Waals surface area contributed by atoms with Crippen LogP contribution in [-0.2, 0) is 15.7 Å². The molecule has 3 aromatic heterocycles. The Hall–Kier alpha value is -3.68. The molecule has 2 saturated heterocycles. The molecule has 2 atom stereocenters. The van der Waals surface area contributed by atoms with Gasteiger partial charge in [-0.2, -0.15) is 13.2 Å². The molecule has 1 N–H and O–H groups in total. The molecule has 2 bridgehead atoms. The lowest BCUT2D eigenvalue weighted by molar-refractivity contribution is -0.142. The third-order valence-electron chi connectivity index (χ3n) is 7.05. The Bertz CT molecular complexity index is 1490. The molecule has 216 valence electrons. The molecule has 2 fully saturated rings.